The zero-order valence-corrected chi connectivity index (χ0v) is 27.2. The molecule has 0 amide bonds. The second-order valence-corrected chi connectivity index (χ2v) is 16.5. The Kier molecular flexibility index (Phi) is 8.35. The van der Waals surface area contributed by atoms with Crippen LogP contribution in [0.4, 0.5) is 0 Å². The molecule has 0 heterocycles. The molecule has 3 aromatic carbocycles. The standard InChI is InChI=1S/C30H20N4O8S4/c1-33-24(11-31)29-22-9-18-16(14-44(37)38)5-15(13-43(35)36)6-20(18)27(22)30(25(12-32)34-2)23-10-19-21(28(23)29)7-17(45(3,39)40)8-26(19)46(4,41)42/h5-8H,9-10,13-14H2,3-4H3,(H,35,36)(H,37,38)/b29-24+,30-25-. The molecule has 0 spiro atoms. The van der Waals surface area contributed by atoms with Gasteiger partial charge >= 0.3 is 0 Å². The van der Waals surface area contributed by atoms with Crippen molar-refractivity contribution in [3.8, 4) is 34.4 Å². The predicted molar refractivity (Wildman–Crippen MR) is 169 cm³/mol. The number of rotatable bonds is 6. The lowest BCUT2D eigenvalue weighted by Crippen LogP contribution is -2.25. The topological polar surface area (TPSA) is 199 Å². The lowest BCUT2D eigenvalue weighted by Gasteiger charge is -2.14. The Morgan fingerprint density at radius 3 is 1.72 bits per heavy atom. The number of nitriles is 2. The Bertz CT molecular complexity index is 2500. The van der Waals surface area contributed by atoms with Gasteiger partial charge in [0, 0.05) is 22.9 Å². The summed E-state index contributed by atoms with van der Waals surface area (Å²) in [4.78, 5) is 6.23. The van der Waals surface area contributed by atoms with Crippen molar-refractivity contribution in [1.82, 2.24) is 0 Å². The van der Waals surface area contributed by atoms with E-state index >= 15 is 0 Å². The molecule has 0 fully saturated rings. The van der Waals surface area contributed by atoms with E-state index in [-0.39, 0.29) is 72.4 Å². The Balaban J connectivity index is 2.12. The monoisotopic (exact) mass is 692 g/mol. The lowest BCUT2D eigenvalue weighted by atomic mass is 9.90. The van der Waals surface area contributed by atoms with Crippen molar-refractivity contribution in [2.24, 2.45) is 0 Å². The van der Waals surface area contributed by atoms with Crippen molar-refractivity contribution in [2.75, 3.05) is 12.5 Å². The molecule has 232 valence electrons. The van der Waals surface area contributed by atoms with Gasteiger partial charge in [-0.05, 0) is 86.7 Å². The molecule has 0 aliphatic heterocycles. The zero-order valence-electron chi connectivity index (χ0n) is 23.9. The molecular formula is C30H20N4O8S4. The zero-order chi connectivity index (χ0) is 33.9. The number of hydrogen-bond donors (Lipinski definition) is 2. The van der Waals surface area contributed by atoms with Crippen molar-refractivity contribution in [3.05, 3.63) is 90.9 Å². The van der Waals surface area contributed by atoms with Crippen LogP contribution >= 0.6 is 0 Å². The van der Waals surface area contributed by atoms with Gasteiger partial charge in [-0.2, -0.15) is 0 Å². The van der Waals surface area contributed by atoms with E-state index in [4.69, 9.17) is 13.1 Å². The average Bonchev–Trinajstić information content (AvgIpc) is 3.52. The number of nitrogens with zero attached hydrogens (tertiary/aromatic N) is 4. The van der Waals surface area contributed by atoms with E-state index in [1.165, 1.54) is 12.1 Å². The summed E-state index contributed by atoms with van der Waals surface area (Å²) in [5.74, 6) is -0.729. The first-order valence-corrected chi connectivity index (χ1v) is 19.3. The molecule has 0 saturated heterocycles. The second-order valence-electron chi connectivity index (χ2n) is 10.7. The maximum Gasteiger partial charge on any atom is 0.269 e. The highest BCUT2D eigenvalue weighted by Crippen LogP contribution is 2.44. The van der Waals surface area contributed by atoms with Crippen LogP contribution in [-0.2, 0) is 66.2 Å². The van der Waals surface area contributed by atoms with Crippen LogP contribution in [0.1, 0.15) is 33.4 Å². The van der Waals surface area contributed by atoms with Crippen LogP contribution in [0.2, 0.25) is 0 Å². The van der Waals surface area contributed by atoms with Gasteiger partial charge in [-0.15, -0.1) is 0 Å². The molecule has 2 aliphatic rings. The average molecular weight is 693 g/mol. The van der Waals surface area contributed by atoms with E-state index in [9.17, 15) is 44.9 Å². The molecule has 0 saturated carbocycles. The highest BCUT2D eigenvalue weighted by molar-refractivity contribution is 7.91. The summed E-state index contributed by atoms with van der Waals surface area (Å²) in [5.41, 5.74) is 1.81. The summed E-state index contributed by atoms with van der Waals surface area (Å²) in [7, 11) is -8.02. The first kappa shape index (κ1) is 32.9. The second kappa shape index (κ2) is 11.7. The smallest absolute Gasteiger partial charge is 0.269 e. The van der Waals surface area contributed by atoms with Gasteiger partial charge in [-0.3, -0.25) is 0 Å². The summed E-state index contributed by atoms with van der Waals surface area (Å²) >= 11 is -4.65. The Morgan fingerprint density at radius 1 is 0.783 bits per heavy atom. The third kappa shape index (κ3) is 5.46. The van der Waals surface area contributed by atoms with Gasteiger partial charge in [0.2, 0.25) is 0 Å². The van der Waals surface area contributed by atoms with E-state index in [1.54, 1.807) is 6.07 Å². The van der Waals surface area contributed by atoms with E-state index in [0.717, 1.165) is 18.6 Å². The molecule has 0 bridgehead atoms. The van der Waals surface area contributed by atoms with E-state index < -0.39 is 53.2 Å². The van der Waals surface area contributed by atoms with Gasteiger partial charge in [0.15, 0.2) is 41.8 Å². The maximum absolute atomic E-state index is 13.0. The Hall–Kier alpha value is -4.52. The molecule has 16 heteroatoms. The van der Waals surface area contributed by atoms with Crippen LogP contribution in [0.3, 0.4) is 0 Å². The first-order chi connectivity index (χ1) is 21.5. The molecular weight excluding hydrogens is 673 g/mol. The fourth-order valence-electron chi connectivity index (χ4n) is 6.24. The molecule has 0 aromatic heterocycles. The van der Waals surface area contributed by atoms with Gasteiger partial charge in [-0.25, -0.2) is 45.5 Å². The van der Waals surface area contributed by atoms with Crippen molar-refractivity contribution in [1.29, 1.82) is 10.5 Å². The predicted octanol–water partition coefficient (Wildman–Crippen LogP) is 2.18. The minimum absolute atomic E-state index is 0.0489. The van der Waals surface area contributed by atoms with Gasteiger partial charge in [-0.1, -0.05) is 6.07 Å². The SMILES string of the molecule is [C-]#[N+]/C(C#N)=c1/c2c(/c(=C(\C#N)[N+]#[C-])c3c1-c1cc(CS(=O)O)cc(CS(=O)O)c1C3)-c1cc(S(C)(=O)=O)cc(S(C)(=O)=O)c1C2. The molecule has 2 aliphatic carbocycles. The third-order valence-corrected chi connectivity index (χ3v) is 11.2. The first-order valence-electron chi connectivity index (χ1n) is 12.9. The molecule has 3 aromatic rings. The maximum atomic E-state index is 13.0. The minimum Gasteiger partial charge on any atom is -0.306 e. The normalized spacial score (nSPS) is 15.5. The number of hydrogen-bond acceptors (Lipinski definition) is 8. The largest absolute Gasteiger partial charge is 0.306 e. The molecule has 2 atom stereocenters. The summed E-state index contributed by atoms with van der Waals surface area (Å²) in [6, 6.07) is 9.08. The van der Waals surface area contributed by atoms with Crippen LogP contribution < -0.4 is 10.4 Å². The van der Waals surface area contributed by atoms with Crippen molar-refractivity contribution in [3.63, 3.8) is 0 Å². The summed E-state index contributed by atoms with van der Waals surface area (Å²) in [6.45, 7) is 15.7. The molecule has 12 nitrogen and oxygen atoms in total. The molecule has 5 rings (SSSR count). The van der Waals surface area contributed by atoms with Gasteiger partial charge in [0.25, 0.3) is 11.4 Å². The van der Waals surface area contributed by atoms with Gasteiger partial charge in [0.05, 0.1) is 46.6 Å². The van der Waals surface area contributed by atoms with E-state index in [1.807, 2.05) is 12.1 Å². The fraction of sp³-hybridized carbons (Fsp3) is 0.200. The minimum atomic E-state index is -4.05. The molecule has 2 N–H and O–H groups in total. The number of benzene rings is 3. The van der Waals surface area contributed by atoms with Crippen LogP contribution in [0.5, 0.6) is 0 Å². The van der Waals surface area contributed by atoms with Gasteiger partial charge in [0.1, 0.15) is 0 Å². The van der Waals surface area contributed by atoms with E-state index in [0.29, 0.717) is 27.8 Å². The highest BCUT2D eigenvalue weighted by Gasteiger charge is 2.36. The fourth-order valence-corrected chi connectivity index (χ4v) is 8.92. The van der Waals surface area contributed by atoms with Crippen molar-refractivity contribution in [2.45, 2.75) is 34.1 Å². The molecule has 46 heavy (non-hydrogen) atoms. The summed E-state index contributed by atoms with van der Waals surface area (Å²) in [6.07, 6.45) is 1.56. The summed E-state index contributed by atoms with van der Waals surface area (Å²) < 4.78 is 94.6. The lowest BCUT2D eigenvalue weighted by molar-refractivity contribution is 0.562. The van der Waals surface area contributed by atoms with Crippen LogP contribution in [-0.4, -0.2) is 46.9 Å². The number of sulfone groups is 2. The summed E-state index contributed by atoms with van der Waals surface area (Å²) in [5, 5.41) is 20.4. The van der Waals surface area contributed by atoms with Crippen molar-refractivity contribution < 1.29 is 34.4 Å². The number of fused-ring (bicyclic) bond motifs is 6. The van der Waals surface area contributed by atoms with E-state index in [2.05, 4.69) is 9.69 Å². The molecule has 0 radical (unpaired) electrons. The quantitative estimate of drug-likeness (QED) is 0.196. The van der Waals surface area contributed by atoms with Crippen LogP contribution in [0.15, 0.2) is 34.1 Å². The van der Waals surface area contributed by atoms with Gasteiger partial charge < -0.3 is 9.11 Å². The Morgan fingerprint density at radius 2 is 1.28 bits per heavy atom. The Labute approximate surface area is 269 Å². The molecule has 2 unspecified atom stereocenters. The van der Waals surface area contributed by atoms with Crippen molar-refractivity contribution >= 4 is 53.2 Å². The third-order valence-electron chi connectivity index (χ3n) is 7.84. The van der Waals surface area contributed by atoms with Crippen LogP contribution in [0, 0.1) is 35.8 Å². The highest BCUT2D eigenvalue weighted by atomic mass is 32.2. The van der Waals surface area contributed by atoms with Crippen LogP contribution in [0.25, 0.3) is 43.3 Å².